The Morgan fingerprint density at radius 2 is 1.94 bits per heavy atom. The normalized spacial score (nSPS) is 23.6. The van der Waals surface area contributed by atoms with Crippen molar-refractivity contribution in [3.05, 3.63) is 0 Å². The first-order valence-corrected chi connectivity index (χ1v) is 9.61. The van der Waals surface area contributed by atoms with Crippen molar-refractivity contribution in [3.63, 3.8) is 0 Å². The smallest absolute Gasteiger partial charge is 0.460 e. The molecule has 0 bridgehead atoms. The van der Waals surface area contributed by atoms with Crippen LogP contribution in [0.3, 0.4) is 0 Å². The van der Waals surface area contributed by atoms with Gasteiger partial charge in [0.2, 0.25) is 0 Å². The van der Waals surface area contributed by atoms with E-state index in [9.17, 15) is 0 Å². The number of nitrogens with zero attached hydrogens (tertiary/aromatic N) is 1. The second-order valence-electron chi connectivity index (χ2n) is 5.71. The summed E-state index contributed by atoms with van der Waals surface area (Å²) in [5, 5.41) is 2.72. The number of hydrogen-bond acceptors (Lipinski definition) is 2. The third-order valence-corrected chi connectivity index (χ3v) is 7.21. The summed E-state index contributed by atoms with van der Waals surface area (Å²) in [6.07, 6.45) is 5.81. The van der Waals surface area contributed by atoms with Gasteiger partial charge in [0.1, 0.15) is 0 Å². The molecule has 1 fully saturated rings. The predicted molar refractivity (Wildman–Crippen MR) is 76.7 cm³/mol. The number of likely N-dealkylation sites (tertiary alicyclic amines) is 1. The number of hydrogen-bond donors (Lipinski definition) is 0. The molecule has 0 saturated carbocycles. The molecule has 0 spiro atoms. The Morgan fingerprint density at radius 3 is 2.47 bits per heavy atom. The van der Waals surface area contributed by atoms with Crippen LogP contribution in [0.1, 0.15) is 46.5 Å². The highest BCUT2D eigenvalue weighted by atomic mass is 27.2. The highest BCUT2D eigenvalue weighted by Gasteiger charge is 2.27. The molecule has 100 valence electrons. The van der Waals surface area contributed by atoms with E-state index in [-0.39, 0.29) is 0 Å². The van der Waals surface area contributed by atoms with Crippen molar-refractivity contribution in [2.24, 2.45) is 5.92 Å². The fourth-order valence-corrected chi connectivity index (χ4v) is 5.61. The lowest BCUT2D eigenvalue weighted by Gasteiger charge is -2.35. The Kier molecular flexibility index (Phi) is 7.79. The van der Waals surface area contributed by atoms with Crippen molar-refractivity contribution in [1.29, 1.82) is 0 Å². The van der Waals surface area contributed by atoms with Gasteiger partial charge in [-0.25, -0.2) is 0 Å². The summed E-state index contributed by atoms with van der Waals surface area (Å²) in [6, 6.07) is 0. The van der Waals surface area contributed by atoms with Crippen LogP contribution in [0.4, 0.5) is 0 Å². The predicted octanol–water partition coefficient (Wildman–Crippen LogP) is 3.54. The maximum Gasteiger partial charge on any atom is 0.460 e. The van der Waals surface area contributed by atoms with Gasteiger partial charge < -0.3 is 8.69 Å². The summed E-state index contributed by atoms with van der Waals surface area (Å²) < 4.78 is 6.43. The molecule has 1 saturated heterocycles. The van der Waals surface area contributed by atoms with Crippen LogP contribution in [0, 0.1) is 5.92 Å². The van der Waals surface area contributed by atoms with Gasteiger partial charge >= 0.3 is 14.5 Å². The maximum absolute atomic E-state index is 6.43. The summed E-state index contributed by atoms with van der Waals surface area (Å²) in [7, 11) is 2.24. The second-order valence-corrected chi connectivity index (χ2v) is 8.38. The quantitative estimate of drug-likeness (QED) is 0.645. The van der Waals surface area contributed by atoms with Gasteiger partial charge in [-0.15, -0.1) is 0 Å². The molecule has 0 N–H and O–H groups in total. The first-order chi connectivity index (χ1) is 8.17. The number of piperidine rings is 1. The Hall–Kier alpha value is 0.452. The zero-order valence-electron chi connectivity index (χ0n) is 12.2. The Labute approximate surface area is 112 Å². The molecule has 2 nitrogen and oxygen atoms in total. The fourth-order valence-electron chi connectivity index (χ4n) is 2.93. The van der Waals surface area contributed by atoms with Gasteiger partial charge in [0, 0.05) is 12.6 Å². The van der Waals surface area contributed by atoms with E-state index in [0.29, 0.717) is 6.10 Å². The van der Waals surface area contributed by atoms with Crippen LogP contribution < -0.4 is 0 Å². The van der Waals surface area contributed by atoms with E-state index < -0.39 is 14.5 Å². The van der Waals surface area contributed by atoms with Crippen molar-refractivity contribution >= 4 is 14.5 Å². The summed E-state index contributed by atoms with van der Waals surface area (Å²) in [4.78, 5) is 2.46. The van der Waals surface area contributed by atoms with Crippen molar-refractivity contribution < 1.29 is 3.79 Å². The van der Waals surface area contributed by atoms with Gasteiger partial charge in [-0.3, -0.25) is 0 Å². The van der Waals surface area contributed by atoms with Crippen molar-refractivity contribution in [2.45, 2.75) is 63.1 Å². The molecule has 1 rings (SSSR count). The van der Waals surface area contributed by atoms with E-state index >= 15 is 0 Å². The molecular weight excluding hydrogens is 225 g/mol. The molecular formula is C14H30AlNO. The minimum absolute atomic E-state index is 0.493. The van der Waals surface area contributed by atoms with E-state index in [1.165, 1.54) is 49.3 Å². The molecule has 1 heterocycles. The minimum Gasteiger partial charge on any atom is -0.498 e. The van der Waals surface area contributed by atoms with Crippen molar-refractivity contribution in [1.82, 2.24) is 4.90 Å². The topological polar surface area (TPSA) is 12.5 Å². The van der Waals surface area contributed by atoms with Crippen LogP contribution in [0.5, 0.6) is 0 Å². The molecule has 2 atom stereocenters. The lowest BCUT2D eigenvalue weighted by molar-refractivity contribution is 0.0878. The molecule has 1 aliphatic heterocycles. The maximum atomic E-state index is 6.43. The van der Waals surface area contributed by atoms with Gasteiger partial charge in [0.15, 0.2) is 0 Å². The van der Waals surface area contributed by atoms with Crippen molar-refractivity contribution in [2.75, 3.05) is 20.1 Å². The summed E-state index contributed by atoms with van der Waals surface area (Å²) in [5.74, 6) is 0.775. The second kappa shape index (κ2) is 8.54. The van der Waals surface area contributed by atoms with E-state index in [2.05, 4.69) is 32.7 Å². The zero-order valence-corrected chi connectivity index (χ0v) is 13.4. The van der Waals surface area contributed by atoms with Crippen LogP contribution >= 0.6 is 0 Å². The lowest BCUT2D eigenvalue weighted by atomic mass is 9.94. The standard InChI is InChI=1S/C8H16NO.2C3H7.Al/c1-7(10)8-4-3-5-9(2)6-8;2*1-3-2;/h7-8H,3-6H2,1-2H3;2*1,3H2,2H3;/q-1;;;+1. The number of rotatable bonds is 7. The highest BCUT2D eigenvalue weighted by Crippen LogP contribution is 2.22. The van der Waals surface area contributed by atoms with Gasteiger partial charge in [0.05, 0.1) is 0 Å². The van der Waals surface area contributed by atoms with Gasteiger partial charge in [-0.1, -0.05) is 37.3 Å². The molecule has 0 radical (unpaired) electrons. The molecule has 2 unspecified atom stereocenters. The first kappa shape index (κ1) is 15.5. The van der Waals surface area contributed by atoms with Crippen LogP contribution in [0.15, 0.2) is 0 Å². The monoisotopic (exact) mass is 255 g/mol. The third kappa shape index (κ3) is 5.75. The lowest BCUT2D eigenvalue weighted by Crippen LogP contribution is -2.40. The van der Waals surface area contributed by atoms with Gasteiger partial charge in [0.25, 0.3) is 0 Å². The molecule has 0 amide bonds. The third-order valence-electron chi connectivity index (χ3n) is 3.95. The Morgan fingerprint density at radius 1 is 1.29 bits per heavy atom. The van der Waals surface area contributed by atoms with Gasteiger partial charge in [-0.2, -0.15) is 0 Å². The van der Waals surface area contributed by atoms with Crippen LogP contribution in [-0.2, 0) is 3.79 Å². The molecule has 3 heteroatoms. The molecule has 17 heavy (non-hydrogen) atoms. The van der Waals surface area contributed by atoms with Crippen LogP contribution in [-0.4, -0.2) is 45.6 Å². The SMILES string of the molecule is CC[CH2][Al]([CH2]CC)[O]C(C)C1CCCN(C)C1. The minimum atomic E-state index is -0.901. The first-order valence-electron chi connectivity index (χ1n) is 7.51. The molecule has 0 aromatic rings. The van der Waals surface area contributed by atoms with Crippen LogP contribution in [0.25, 0.3) is 0 Å². The summed E-state index contributed by atoms with van der Waals surface area (Å²) in [5.41, 5.74) is 0. The highest BCUT2D eigenvalue weighted by molar-refractivity contribution is 6.51. The molecule has 0 aromatic carbocycles. The van der Waals surface area contributed by atoms with Gasteiger partial charge in [-0.05, 0) is 39.3 Å². The van der Waals surface area contributed by atoms with E-state index in [4.69, 9.17) is 3.79 Å². The largest absolute Gasteiger partial charge is 0.498 e. The molecule has 0 aromatic heterocycles. The Bertz CT molecular complexity index is 195. The zero-order chi connectivity index (χ0) is 12.7. The average molecular weight is 255 g/mol. The average Bonchev–Trinajstić information content (AvgIpc) is 2.29. The summed E-state index contributed by atoms with van der Waals surface area (Å²) >= 11 is -0.901. The fraction of sp³-hybridized carbons (Fsp3) is 1.00. The van der Waals surface area contributed by atoms with Crippen molar-refractivity contribution in [3.8, 4) is 0 Å². The van der Waals surface area contributed by atoms with Crippen LogP contribution in [0.2, 0.25) is 10.6 Å². The van der Waals surface area contributed by atoms with E-state index in [1.54, 1.807) is 0 Å². The molecule has 1 aliphatic rings. The van der Waals surface area contributed by atoms with E-state index in [0.717, 1.165) is 5.92 Å². The van der Waals surface area contributed by atoms with E-state index in [1.807, 2.05) is 0 Å². The summed E-state index contributed by atoms with van der Waals surface area (Å²) in [6.45, 7) is 9.40. The Balaban J connectivity index is 2.36. The molecule has 0 aliphatic carbocycles.